The van der Waals surface area contributed by atoms with Crippen molar-refractivity contribution < 1.29 is 9.53 Å². The van der Waals surface area contributed by atoms with Crippen LogP contribution < -0.4 is 15.6 Å². The zero-order valence-electron chi connectivity index (χ0n) is 15.0. The van der Waals surface area contributed by atoms with Crippen molar-refractivity contribution in [1.82, 2.24) is 14.8 Å². The van der Waals surface area contributed by atoms with Gasteiger partial charge in [-0.05, 0) is 48.9 Å². The van der Waals surface area contributed by atoms with Crippen LogP contribution in [-0.2, 0) is 11.3 Å². The minimum Gasteiger partial charge on any atom is -0.497 e. The van der Waals surface area contributed by atoms with Crippen LogP contribution in [0.25, 0.3) is 11.3 Å². The maximum Gasteiger partial charge on any atom is 0.266 e. The Kier molecular flexibility index (Phi) is 5.94. The molecule has 27 heavy (non-hydrogen) atoms. The van der Waals surface area contributed by atoms with Gasteiger partial charge in [0.25, 0.3) is 5.56 Å². The fourth-order valence-corrected chi connectivity index (χ4v) is 2.56. The van der Waals surface area contributed by atoms with Gasteiger partial charge in [0.2, 0.25) is 5.91 Å². The summed E-state index contributed by atoms with van der Waals surface area (Å²) in [6, 6.07) is 14.0. The number of nitrogens with one attached hydrogen (secondary N) is 1. The third-order valence-corrected chi connectivity index (χ3v) is 3.97. The molecule has 0 radical (unpaired) electrons. The van der Waals surface area contributed by atoms with Crippen LogP contribution in [0, 0.1) is 0 Å². The van der Waals surface area contributed by atoms with E-state index < -0.39 is 0 Å². The van der Waals surface area contributed by atoms with Crippen LogP contribution in [-0.4, -0.2) is 27.8 Å². The number of hydrogen-bond donors (Lipinski definition) is 1. The van der Waals surface area contributed by atoms with E-state index in [2.05, 4.69) is 15.4 Å². The predicted molar refractivity (Wildman–Crippen MR) is 103 cm³/mol. The molecule has 0 aliphatic rings. The number of ether oxygens (including phenoxy) is 1. The van der Waals surface area contributed by atoms with Crippen LogP contribution in [0.5, 0.6) is 5.75 Å². The highest BCUT2D eigenvalue weighted by molar-refractivity contribution is 5.90. The standard InChI is InChI=1S/C20H20N4O3/c1-27-17-8-6-16(7-9-17)22-19(25)5-3-13-24-20(26)11-10-18(23-24)15-4-2-12-21-14-15/h2,4,6-12,14H,3,5,13H2,1H3,(H,22,25). The Morgan fingerprint density at radius 3 is 2.67 bits per heavy atom. The lowest BCUT2D eigenvalue weighted by molar-refractivity contribution is -0.116. The molecule has 2 aromatic heterocycles. The van der Waals surface area contributed by atoms with Gasteiger partial charge in [-0.1, -0.05) is 0 Å². The van der Waals surface area contributed by atoms with Gasteiger partial charge in [0.1, 0.15) is 5.75 Å². The maximum atomic E-state index is 12.1. The SMILES string of the molecule is COc1ccc(NC(=O)CCCn2nc(-c3cccnc3)ccc2=O)cc1. The molecule has 138 valence electrons. The molecule has 0 saturated carbocycles. The van der Waals surface area contributed by atoms with Gasteiger partial charge >= 0.3 is 0 Å². The smallest absolute Gasteiger partial charge is 0.266 e. The summed E-state index contributed by atoms with van der Waals surface area (Å²) in [6.45, 7) is 0.364. The first-order chi connectivity index (χ1) is 13.2. The van der Waals surface area contributed by atoms with Gasteiger partial charge in [-0.25, -0.2) is 4.68 Å². The summed E-state index contributed by atoms with van der Waals surface area (Å²) in [5.74, 6) is 0.614. The Morgan fingerprint density at radius 2 is 1.96 bits per heavy atom. The number of hydrogen-bond acceptors (Lipinski definition) is 5. The van der Waals surface area contributed by atoms with E-state index in [-0.39, 0.29) is 17.9 Å². The van der Waals surface area contributed by atoms with Gasteiger partial charge < -0.3 is 10.1 Å². The molecular weight excluding hydrogens is 344 g/mol. The van der Waals surface area contributed by atoms with Crippen molar-refractivity contribution in [2.75, 3.05) is 12.4 Å². The van der Waals surface area contributed by atoms with E-state index in [9.17, 15) is 9.59 Å². The molecule has 2 heterocycles. The third-order valence-electron chi connectivity index (χ3n) is 3.97. The highest BCUT2D eigenvalue weighted by atomic mass is 16.5. The molecule has 0 atom stereocenters. The number of rotatable bonds is 7. The summed E-state index contributed by atoms with van der Waals surface area (Å²) in [5, 5.41) is 7.18. The number of anilines is 1. The summed E-state index contributed by atoms with van der Waals surface area (Å²) in [7, 11) is 1.59. The predicted octanol–water partition coefficient (Wildman–Crippen LogP) is 2.73. The quantitative estimate of drug-likeness (QED) is 0.697. The van der Waals surface area contributed by atoms with E-state index in [0.717, 1.165) is 11.3 Å². The van der Waals surface area contributed by atoms with Crippen molar-refractivity contribution in [3.05, 3.63) is 71.3 Å². The lowest BCUT2D eigenvalue weighted by Gasteiger charge is -2.08. The average molecular weight is 364 g/mol. The summed E-state index contributed by atoms with van der Waals surface area (Å²) in [5.41, 5.74) is 2.02. The fraction of sp³-hybridized carbons (Fsp3) is 0.200. The Balaban J connectivity index is 1.56. The number of aromatic nitrogens is 3. The Hall–Kier alpha value is -3.48. The lowest BCUT2D eigenvalue weighted by Crippen LogP contribution is -2.23. The number of amides is 1. The fourth-order valence-electron chi connectivity index (χ4n) is 2.56. The van der Waals surface area contributed by atoms with Gasteiger partial charge in [-0.15, -0.1) is 0 Å². The second kappa shape index (κ2) is 8.75. The zero-order valence-corrected chi connectivity index (χ0v) is 15.0. The van der Waals surface area contributed by atoms with Crippen molar-refractivity contribution in [3.63, 3.8) is 0 Å². The minimum atomic E-state index is -0.196. The largest absolute Gasteiger partial charge is 0.497 e. The summed E-state index contributed by atoms with van der Waals surface area (Å²) in [6.07, 6.45) is 4.17. The summed E-state index contributed by atoms with van der Waals surface area (Å²) in [4.78, 5) is 28.1. The van der Waals surface area contributed by atoms with Gasteiger partial charge in [-0.2, -0.15) is 5.10 Å². The first-order valence-corrected chi connectivity index (χ1v) is 8.58. The van der Waals surface area contributed by atoms with Crippen molar-refractivity contribution in [3.8, 4) is 17.0 Å². The molecule has 7 nitrogen and oxygen atoms in total. The molecule has 0 unspecified atom stereocenters. The Bertz CT molecular complexity index is 953. The van der Waals surface area contributed by atoms with Crippen LogP contribution in [0.3, 0.4) is 0 Å². The summed E-state index contributed by atoms with van der Waals surface area (Å²) < 4.78 is 6.46. The second-order valence-electron chi connectivity index (χ2n) is 5.90. The van der Waals surface area contributed by atoms with Crippen molar-refractivity contribution in [2.45, 2.75) is 19.4 Å². The van der Waals surface area contributed by atoms with Crippen molar-refractivity contribution >= 4 is 11.6 Å². The molecule has 0 bridgehead atoms. The second-order valence-corrected chi connectivity index (χ2v) is 5.90. The number of methoxy groups -OCH3 is 1. The summed E-state index contributed by atoms with van der Waals surface area (Å²) >= 11 is 0. The molecule has 3 aromatic rings. The number of aryl methyl sites for hydroxylation is 1. The van der Waals surface area contributed by atoms with Gasteiger partial charge in [-0.3, -0.25) is 14.6 Å². The van der Waals surface area contributed by atoms with Crippen molar-refractivity contribution in [2.24, 2.45) is 0 Å². The van der Waals surface area contributed by atoms with Crippen molar-refractivity contribution in [1.29, 1.82) is 0 Å². The van der Waals surface area contributed by atoms with Crippen LogP contribution in [0.1, 0.15) is 12.8 Å². The molecule has 0 saturated heterocycles. The molecule has 1 aromatic carbocycles. The van der Waals surface area contributed by atoms with Crippen LogP contribution in [0.2, 0.25) is 0 Å². The highest BCUT2D eigenvalue weighted by Crippen LogP contribution is 2.15. The minimum absolute atomic E-state index is 0.114. The first-order valence-electron chi connectivity index (χ1n) is 8.58. The number of carbonyl (C=O) groups is 1. The monoisotopic (exact) mass is 364 g/mol. The van der Waals surface area contributed by atoms with Gasteiger partial charge in [0.05, 0.1) is 12.8 Å². The van der Waals surface area contributed by atoms with E-state index in [1.54, 1.807) is 49.8 Å². The maximum absolute atomic E-state index is 12.1. The topological polar surface area (TPSA) is 86.1 Å². The van der Waals surface area contributed by atoms with E-state index in [1.165, 1.54) is 10.7 Å². The number of carbonyl (C=O) groups excluding carboxylic acids is 1. The molecule has 1 N–H and O–H groups in total. The molecule has 0 fully saturated rings. The van der Waals surface area contributed by atoms with E-state index >= 15 is 0 Å². The highest BCUT2D eigenvalue weighted by Gasteiger charge is 2.06. The number of pyridine rings is 1. The molecule has 0 aliphatic carbocycles. The van der Waals surface area contributed by atoms with Crippen LogP contribution in [0.15, 0.2) is 65.7 Å². The zero-order chi connectivity index (χ0) is 19.1. The third kappa shape index (κ3) is 5.01. The molecule has 0 aliphatic heterocycles. The molecule has 0 spiro atoms. The number of nitrogens with zero attached hydrogens (tertiary/aromatic N) is 3. The number of benzene rings is 1. The van der Waals surface area contributed by atoms with E-state index in [4.69, 9.17) is 4.74 Å². The Labute approximate surface area is 156 Å². The van der Waals surface area contributed by atoms with Crippen LogP contribution in [0.4, 0.5) is 5.69 Å². The molecular formula is C20H20N4O3. The molecule has 3 rings (SSSR count). The van der Waals surface area contributed by atoms with Gasteiger partial charge in [0, 0.05) is 42.7 Å². The van der Waals surface area contributed by atoms with Crippen LogP contribution >= 0.6 is 0 Å². The molecule has 1 amide bonds. The normalized spacial score (nSPS) is 10.4. The van der Waals surface area contributed by atoms with E-state index in [0.29, 0.717) is 24.3 Å². The molecule has 7 heteroatoms. The lowest BCUT2D eigenvalue weighted by atomic mass is 10.2. The van der Waals surface area contributed by atoms with E-state index in [1.807, 2.05) is 12.1 Å². The first kappa shape index (κ1) is 18.3. The van der Waals surface area contributed by atoms with Gasteiger partial charge in [0.15, 0.2) is 0 Å². The average Bonchev–Trinajstić information content (AvgIpc) is 2.70. The Morgan fingerprint density at radius 1 is 1.15 bits per heavy atom.